The number of aromatic nitrogens is 1. The monoisotopic (exact) mass is 246 g/mol. The van der Waals surface area contributed by atoms with Crippen LogP contribution >= 0.6 is 0 Å². The van der Waals surface area contributed by atoms with Gasteiger partial charge in [-0.1, -0.05) is 30.3 Å². The molecule has 2 aromatic rings. The number of hydrogen-bond acceptors (Lipinski definition) is 3. The fourth-order valence-corrected chi connectivity index (χ4v) is 1.66. The predicted molar refractivity (Wildman–Crippen MR) is 68.8 cm³/mol. The number of rotatable bonds is 5. The van der Waals surface area contributed by atoms with Gasteiger partial charge in [-0.05, 0) is 17.7 Å². The summed E-state index contributed by atoms with van der Waals surface area (Å²) in [5.41, 5.74) is 1.08. The molecule has 1 aromatic carbocycles. The minimum Gasteiger partial charge on any atom is -0.391 e. The third kappa shape index (κ3) is 3.82. The summed E-state index contributed by atoms with van der Waals surface area (Å²) in [5.74, 6) is 0.189. The van der Waals surface area contributed by atoms with Crippen molar-refractivity contribution in [2.45, 2.75) is 12.5 Å². The average Bonchev–Trinajstić information content (AvgIpc) is 2.39. The number of halogens is 1. The SMILES string of the molecule is O[C@@H](CNc1ccc(F)cn1)Cc1ccccc1. The molecule has 1 aromatic heterocycles. The number of nitrogens with zero attached hydrogens (tertiary/aromatic N) is 1. The second-order valence-electron chi connectivity index (χ2n) is 4.09. The quantitative estimate of drug-likeness (QED) is 0.850. The first kappa shape index (κ1) is 12.5. The van der Waals surface area contributed by atoms with E-state index in [1.165, 1.54) is 6.07 Å². The molecule has 0 aliphatic carbocycles. The van der Waals surface area contributed by atoms with Crippen LogP contribution in [0.5, 0.6) is 0 Å². The van der Waals surface area contributed by atoms with Gasteiger partial charge in [-0.2, -0.15) is 0 Å². The van der Waals surface area contributed by atoms with E-state index in [2.05, 4.69) is 10.3 Å². The molecule has 4 heteroatoms. The molecular weight excluding hydrogens is 231 g/mol. The summed E-state index contributed by atoms with van der Waals surface area (Å²) >= 11 is 0. The molecule has 0 radical (unpaired) electrons. The summed E-state index contributed by atoms with van der Waals surface area (Å²) in [6, 6.07) is 12.6. The number of pyridine rings is 1. The number of nitrogens with one attached hydrogen (secondary N) is 1. The third-order valence-electron chi connectivity index (χ3n) is 2.56. The van der Waals surface area contributed by atoms with Crippen molar-refractivity contribution in [1.29, 1.82) is 0 Å². The van der Waals surface area contributed by atoms with Crippen LogP contribution in [0.4, 0.5) is 10.2 Å². The largest absolute Gasteiger partial charge is 0.391 e. The lowest BCUT2D eigenvalue weighted by atomic mass is 10.1. The number of aliphatic hydroxyl groups excluding tert-OH is 1. The van der Waals surface area contributed by atoms with Crippen LogP contribution in [0.15, 0.2) is 48.7 Å². The Morgan fingerprint density at radius 3 is 2.61 bits per heavy atom. The van der Waals surface area contributed by atoms with E-state index in [9.17, 15) is 9.50 Å². The Hall–Kier alpha value is -1.94. The maximum atomic E-state index is 12.6. The first-order chi connectivity index (χ1) is 8.74. The molecule has 0 spiro atoms. The number of anilines is 1. The molecule has 3 nitrogen and oxygen atoms in total. The standard InChI is InChI=1S/C14H15FN2O/c15-12-6-7-14(16-9-12)17-10-13(18)8-11-4-2-1-3-5-11/h1-7,9,13,18H,8,10H2,(H,16,17)/t13-/m1/s1. The van der Waals surface area contributed by atoms with Gasteiger partial charge < -0.3 is 10.4 Å². The van der Waals surface area contributed by atoms with E-state index in [4.69, 9.17) is 0 Å². The van der Waals surface area contributed by atoms with Gasteiger partial charge >= 0.3 is 0 Å². The van der Waals surface area contributed by atoms with Gasteiger partial charge in [0.25, 0.3) is 0 Å². The Bertz CT molecular complexity index is 473. The zero-order chi connectivity index (χ0) is 12.8. The average molecular weight is 246 g/mol. The fourth-order valence-electron chi connectivity index (χ4n) is 1.66. The fraction of sp³-hybridized carbons (Fsp3) is 0.214. The number of hydrogen-bond donors (Lipinski definition) is 2. The van der Waals surface area contributed by atoms with Crippen LogP contribution in [-0.4, -0.2) is 22.7 Å². The number of aliphatic hydroxyl groups is 1. The van der Waals surface area contributed by atoms with Crippen molar-refractivity contribution in [2.75, 3.05) is 11.9 Å². The second kappa shape index (κ2) is 6.12. The molecule has 1 heterocycles. The van der Waals surface area contributed by atoms with Crippen LogP contribution in [-0.2, 0) is 6.42 Å². The summed E-state index contributed by atoms with van der Waals surface area (Å²) in [6.45, 7) is 0.382. The minimum absolute atomic E-state index is 0.370. The second-order valence-corrected chi connectivity index (χ2v) is 4.09. The Labute approximate surface area is 105 Å². The van der Waals surface area contributed by atoms with Crippen molar-refractivity contribution in [1.82, 2.24) is 4.98 Å². The summed E-state index contributed by atoms with van der Waals surface area (Å²) in [7, 11) is 0. The maximum absolute atomic E-state index is 12.6. The van der Waals surface area contributed by atoms with Crippen LogP contribution < -0.4 is 5.32 Å². The topological polar surface area (TPSA) is 45.1 Å². The lowest BCUT2D eigenvalue weighted by molar-refractivity contribution is 0.188. The number of benzene rings is 1. The van der Waals surface area contributed by atoms with Crippen LogP contribution in [0, 0.1) is 5.82 Å². The minimum atomic E-state index is -0.501. The van der Waals surface area contributed by atoms with E-state index in [1.54, 1.807) is 6.07 Å². The van der Waals surface area contributed by atoms with Crippen molar-refractivity contribution >= 4 is 5.82 Å². The molecule has 0 saturated heterocycles. The summed E-state index contributed by atoms with van der Waals surface area (Å²) in [5, 5.41) is 12.8. The first-order valence-electron chi connectivity index (χ1n) is 5.81. The van der Waals surface area contributed by atoms with Crippen molar-refractivity contribution < 1.29 is 9.50 Å². The van der Waals surface area contributed by atoms with Gasteiger partial charge in [0.1, 0.15) is 11.6 Å². The molecule has 0 unspecified atom stereocenters. The van der Waals surface area contributed by atoms with Gasteiger partial charge in [0.2, 0.25) is 0 Å². The van der Waals surface area contributed by atoms with E-state index in [0.717, 1.165) is 11.8 Å². The summed E-state index contributed by atoms with van der Waals surface area (Å²) in [6.07, 6.45) is 1.22. The van der Waals surface area contributed by atoms with Gasteiger partial charge in [-0.15, -0.1) is 0 Å². The zero-order valence-corrected chi connectivity index (χ0v) is 9.88. The zero-order valence-electron chi connectivity index (χ0n) is 9.88. The van der Waals surface area contributed by atoms with Crippen molar-refractivity contribution in [3.8, 4) is 0 Å². The molecule has 2 N–H and O–H groups in total. The molecule has 0 aliphatic rings. The molecule has 0 saturated carbocycles. The smallest absolute Gasteiger partial charge is 0.141 e. The van der Waals surface area contributed by atoms with Crippen molar-refractivity contribution in [3.05, 3.63) is 60.0 Å². The summed E-state index contributed by atoms with van der Waals surface area (Å²) in [4.78, 5) is 3.86. The molecule has 18 heavy (non-hydrogen) atoms. The Morgan fingerprint density at radius 1 is 1.17 bits per heavy atom. The van der Waals surface area contributed by atoms with Gasteiger partial charge in [0.15, 0.2) is 0 Å². The van der Waals surface area contributed by atoms with E-state index in [1.807, 2.05) is 30.3 Å². The van der Waals surface area contributed by atoms with Crippen molar-refractivity contribution in [3.63, 3.8) is 0 Å². The molecule has 0 bridgehead atoms. The van der Waals surface area contributed by atoms with E-state index < -0.39 is 6.10 Å². The first-order valence-corrected chi connectivity index (χ1v) is 5.81. The normalized spacial score (nSPS) is 12.1. The highest BCUT2D eigenvalue weighted by atomic mass is 19.1. The highest BCUT2D eigenvalue weighted by Gasteiger charge is 2.05. The van der Waals surface area contributed by atoms with Crippen LogP contribution in [0.25, 0.3) is 0 Å². The Kier molecular flexibility index (Phi) is 4.25. The maximum Gasteiger partial charge on any atom is 0.141 e. The molecule has 1 atom stereocenters. The van der Waals surface area contributed by atoms with Gasteiger partial charge in [-0.3, -0.25) is 0 Å². The molecule has 2 rings (SSSR count). The molecular formula is C14H15FN2O. The highest BCUT2D eigenvalue weighted by molar-refractivity contribution is 5.33. The van der Waals surface area contributed by atoms with E-state index in [0.29, 0.717) is 18.8 Å². The van der Waals surface area contributed by atoms with Gasteiger partial charge in [-0.25, -0.2) is 9.37 Å². The third-order valence-corrected chi connectivity index (χ3v) is 2.56. The lowest BCUT2D eigenvalue weighted by Gasteiger charge is -2.12. The molecule has 94 valence electrons. The molecule has 0 aliphatic heterocycles. The summed E-state index contributed by atoms with van der Waals surface area (Å²) < 4.78 is 12.6. The van der Waals surface area contributed by atoms with Crippen LogP contribution in [0.3, 0.4) is 0 Å². The van der Waals surface area contributed by atoms with Crippen molar-refractivity contribution in [2.24, 2.45) is 0 Å². The Balaban J connectivity index is 1.81. The lowest BCUT2D eigenvalue weighted by Crippen LogP contribution is -2.22. The highest BCUT2D eigenvalue weighted by Crippen LogP contribution is 2.06. The van der Waals surface area contributed by atoms with Gasteiger partial charge in [0.05, 0.1) is 12.3 Å². The van der Waals surface area contributed by atoms with E-state index in [-0.39, 0.29) is 5.82 Å². The van der Waals surface area contributed by atoms with Crippen LogP contribution in [0.1, 0.15) is 5.56 Å². The molecule has 0 amide bonds. The van der Waals surface area contributed by atoms with Crippen LogP contribution in [0.2, 0.25) is 0 Å². The Morgan fingerprint density at radius 2 is 1.94 bits per heavy atom. The molecule has 0 fully saturated rings. The predicted octanol–water partition coefficient (Wildman–Crippen LogP) is 2.24. The van der Waals surface area contributed by atoms with E-state index >= 15 is 0 Å². The van der Waals surface area contributed by atoms with Gasteiger partial charge in [0, 0.05) is 13.0 Å².